The molecule has 0 bridgehead atoms. The maximum absolute atomic E-state index is 12.9. The van der Waals surface area contributed by atoms with Gasteiger partial charge in [-0.1, -0.05) is 43.7 Å². The van der Waals surface area contributed by atoms with Gasteiger partial charge >= 0.3 is 6.03 Å². The number of rotatable bonds is 3. The van der Waals surface area contributed by atoms with Gasteiger partial charge in [0, 0.05) is 13.1 Å². The molecule has 140 valence electrons. The highest BCUT2D eigenvalue weighted by Gasteiger charge is 2.49. The lowest BCUT2D eigenvalue weighted by molar-refractivity contribution is -0.140. The van der Waals surface area contributed by atoms with Crippen molar-refractivity contribution in [3.63, 3.8) is 0 Å². The fourth-order valence-electron chi connectivity index (χ4n) is 4.02. The number of amides is 4. The zero-order valence-corrected chi connectivity index (χ0v) is 15.9. The van der Waals surface area contributed by atoms with Crippen molar-refractivity contribution in [1.29, 1.82) is 0 Å². The molecule has 2 heterocycles. The molecule has 3 atom stereocenters. The van der Waals surface area contributed by atoms with E-state index in [0.29, 0.717) is 24.9 Å². The molecule has 0 aromatic heterocycles. The largest absolute Gasteiger partial charge is 0.341 e. The highest BCUT2D eigenvalue weighted by atomic mass is 16.2. The number of urea groups is 1. The summed E-state index contributed by atoms with van der Waals surface area (Å²) in [6.07, 6.45) is 1.10. The molecular formula is C20H27N3O3. The van der Waals surface area contributed by atoms with E-state index in [2.05, 4.69) is 19.2 Å². The summed E-state index contributed by atoms with van der Waals surface area (Å²) in [5, 5.41) is 2.76. The van der Waals surface area contributed by atoms with Crippen molar-refractivity contribution in [2.45, 2.75) is 39.7 Å². The van der Waals surface area contributed by atoms with Crippen LogP contribution in [0.4, 0.5) is 4.79 Å². The molecule has 2 saturated heterocycles. The molecule has 3 rings (SSSR count). The van der Waals surface area contributed by atoms with Crippen LogP contribution >= 0.6 is 0 Å². The topological polar surface area (TPSA) is 69.7 Å². The second-order valence-electron chi connectivity index (χ2n) is 8.06. The van der Waals surface area contributed by atoms with E-state index in [4.69, 9.17) is 0 Å². The second kappa shape index (κ2) is 6.74. The van der Waals surface area contributed by atoms with E-state index in [1.807, 2.05) is 31.2 Å². The van der Waals surface area contributed by atoms with Gasteiger partial charge in [-0.05, 0) is 37.7 Å². The van der Waals surface area contributed by atoms with E-state index in [-0.39, 0.29) is 18.4 Å². The van der Waals surface area contributed by atoms with Crippen LogP contribution in [0, 0.1) is 18.8 Å². The maximum Gasteiger partial charge on any atom is 0.325 e. The van der Waals surface area contributed by atoms with E-state index < -0.39 is 11.6 Å². The second-order valence-corrected chi connectivity index (χ2v) is 8.06. The first-order valence-electron chi connectivity index (χ1n) is 9.19. The Balaban J connectivity index is 1.75. The highest BCUT2D eigenvalue weighted by molar-refractivity contribution is 6.09. The number of piperidine rings is 1. The minimum Gasteiger partial charge on any atom is -0.341 e. The van der Waals surface area contributed by atoms with Crippen molar-refractivity contribution >= 4 is 17.8 Å². The summed E-state index contributed by atoms with van der Waals surface area (Å²) in [5.41, 5.74) is 0.666. The van der Waals surface area contributed by atoms with Crippen LogP contribution in [-0.2, 0) is 15.1 Å². The van der Waals surface area contributed by atoms with E-state index >= 15 is 0 Å². The third-order valence-electron chi connectivity index (χ3n) is 5.42. The van der Waals surface area contributed by atoms with Gasteiger partial charge in [0.25, 0.3) is 5.91 Å². The first kappa shape index (κ1) is 18.4. The van der Waals surface area contributed by atoms with Gasteiger partial charge in [-0.2, -0.15) is 0 Å². The first-order chi connectivity index (χ1) is 12.2. The van der Waals surface area contributed by atoms with Gasteiger partial charge in [-0.15, -0.1) is 0 Å². The highest BCUT2D eigenvalue weighted by Crippen LogP contribution is 2.29. The Morgan fingerprint density at radius 1 is 1.15 bits per heavy atom. The average molecular weight is 357 g/mol. The van der Waals surface area contributed by atoms with Gasteiger partial charge in [0.2, 0.25) is 5.91 Å². The number of imide groups is 1. The molecule has 0 spiro atoms. The number of hydrogen-bond acceptors (Lipinski definition) is 3. The van der Waals surface area contributed by atoms with Gasteiger partial charge in [-0.25, -0.2) is 4.79 Å². The van der Waals surface area contributed by atoms with Gasteiger partial charge in [-0.3, -0.25) is 14.5 Å². The van der Waals surface area contributed by atoms with Crippen LogP contribution in [0.2, 0.25) is 0 Å². The normalized spacial score (nSPS) is 29.1. The molecule has 2 fully saturated rings. The summed E-state index contributed by atoms with van der Waals surface area (Å²) in [6, 6.07) is 6.98. The van der Waals surface area contributed by atoms with Crippen molar-refractivity contribution in [2.24, 2.45) is 11.8 Å². The van der Waals surface area contributed by atoms with Crippen molar-refractivity contribution < 1.29 is 14.4 Å². The monoisotopic (exact) mass is 357 g/mol. The molecule has 26 heavy (non-hydrogen) atoms. The van der Waals surface area contributed by atoms with Crippen LogP contribution in [0.15, 0.2) is 24.3 Å². The fraction of sp³-hybridized carbons (Fsp3) is 0.550. The molecule has 1 aromatic rings. The minimum atomic E-state index is -1.13. The third kappa shape index (κ3) is 3.32. The van der Waals surface area contributed by atoms with Crippen molar-refractivity contribution in [2.75, 3.05) is 19.6 Å². The van der Waals surface area contributed by atoms with Crippen molar-refractivity contribution in [3.05, 3.63) is 35.4 Å². The molecule has 0 aliphatic carbocycles. The minimum absolute atomic E-state index is 0.167. The number of likely N-dealkylation sites (tertiary alicyclic amines) is 1. The zero-order valence-electron chi connectivity index (χ0n) is 15.9. The molecule has 6 heteroatoms. The van der Waals surface area contributed by atoms with E-state index in [1.54, 1.807) is 11.8 Å². The number of aryl methyl sites for hydroxylation is 1. The molecule has 4 amide bonds. The summed E-state index contributed by atoms with van der Waals surface area (Å²) in [4.78, 5) is 40.9. The fourth-order valence-corrected chi connectivity index (χ4v) is 4.02. The number of nitrogens with zero attached hydrogens (tertiary/aromatic N) is 2. The van der Waals surface area contributed by atoms with Gasteiger partial charge in [0.05, 0.1) is 0 Å². The lowest BCUT2D eigenvalue weighted by Crippen LogP contribution is -2.48. The van der Waals surface area contributed by atoms with Gasteiger partial charge < -0.3 is 10.2 Å². The quantitative estimate of drug-likeness (QED) is 0.844. The third-order valence-corrected chi connectivity index (χ3v) is 5.42. The lowest BCUT2D eigenvalue weighted by atomic mass is 9.91. The number of carbonyl (C=O) groups excluding carboxylic acids is 3. The average Bonchev–Trinajstić information content (AvgIpc) is 2.78. The maximum atomic E-state index is 12.9. The van der Waals surface area contributed by atoms with Gasteiger partial charge in [0.1, 0.15) is 12.1 Å². The number of carbonyl (C=O) groups is 3. The molecule has 0 saturated carbocycles. The Morgan fingerprint density at radius 2 is 1.73 bits per heavy atom. The summed E-state index contributed by atoms with van der Waals surface area (Å²) >= 11 is 0. The first-order valence-corrected chi connectivity index (χ1v) is 9.19. The Morgan fingerprint density at radius 3 is 2.31 bits per heavy atom. The summed E-state index contributed by atoms with van der Waals surface area (Å²) in [6.45, 7) is 9.06. The number of benzene rings is 1. The Hall–Kier alpha value is -2.37. The Bertz CT molecular complexity index is 720. The Labute approximate surface area is 154 Å². The number of hydrogen-bond donors (Lipinski definition) is 1. The SMILES string of the molecule is Cc1ccc([C@]2(C)NC(=O)N(CC(=O)N3C[C@@H](C)C[C@H](C)C3)C2=O)cc1. The van der Waals surface area contributed by atoms with Gasteiger partial charge in [0.15, 0.2) is 0 Å². The van der Waals surface area contributed by atoms with E-state index in [9.17, 15) is 14.4 Å². The van der Waals surface area contributed by atoms with Crippen LogP contribution in [0.3, 0.4) is 0 Å². The smallest absolute Gasteiger partial charge is 0.325 e. The zero-order chi connectivity index (χ0) is 19.1. The standard InChI is InChI=1S/C20H27N3O3/c1-13-5-7-16(8-6-13)20(4)18(25)23(19(26)21-20)12-17(24)22-10-14(2)9-15(3)11-22/h5-8,14-15H,9-12H2,1-4H3,(H,21,26)/t14-,15-,20-/m0/s1. The molecule has 1 N–H and O–H groups in total. The van der Waals surface area contributed by atoms with E-state index in [0.717, 1.165) is 22.4 Å². The predicted octanol–water partition coefficient (Wildman–Crippen LogP) is 2.27. The van der Waals surface area contributed by atoms with Crippen LogP contribution in [0.25, 0.3) is 0 Å². The molecule has 1 aromatic carbocycles. The molecule has 0 unspecified atom stereocenters. The summed E-state index contributed by atoms with van der Waals surface area (Å²) in [7, 11) is 0. The van der Waals surface area contributed by atoms with Crippen molar-refractivity contribution in [3.8, 4) is 0 Å². The Kier molecular flexibility index (Phi) is 4.78. The molecular weight excluding hydrogens is 330 g/mol. The van der Waals surface area contributed by atoms with Crippen LogP contribution in [0.5, 0.6) is 0 Å². The van der Waals surface area contributed by atoms with Crippen LogP contribution < -0.4 is 5.32 Å². The van der Waals surface area contributed by atoms with E-state index in [1.165, 1.54) is 0 Å². The lowest BCUT2D eigenvalue weighted by Gasteiger charge is -2.35. The summed E-state index contributed by atoms with van der Waals surface area (Å²) in [5.74, 6) is 0.324. The van der Waals surface area contributed by atoms with Crippen LogP contribution in [0.1, 0.15) is 38.3 Å². The molecule has 0 radical (unpaired) electrons. The molecule has 2 aliphatic rings. The number of nitrogens with one attached hydrogen (secondary N) is 1. The molecule has 2 aliphatic heterocycles. The summed E-state index contributed by atoms with van der Waals surface area (Å²) < 4.78 is 0. The molecule has 6 nitrogen and oxygen atoms in total. The predicted molar refractivity (Wildman–Crippen MR) is 98.3 cm³/mol. The van der Waals surface area contributed by atoms with Crippen molar-refractivity contribution in [1.82, 2.24) is 15.1 Å². The van der Waals surface area contributed by atoms with Crippen LogP contribution in [-0.4, -0.2) is 47.3 Å².